The number of nitrogens with zero attached hydrogens (tertiary/aromatic N) is 6. The van der Waals surface area contributed by atoms with Gasteiger partial charge in [0.25, 0.3) is 11.7 Å². The van der Waals surface area contributed by atoms with E-state index in [0.29, 0.717) is 37.7 Å². The molecule has 9 heteroatoms. The van der Waals surface area contributed by atoms with Gasteiger partial charge in [-0.05, 0) is 31.2 Å². The molecule has 1 amide bonds. The van der Waals surface area contributed by atoms with E-state index in [1.165, 1.54) is 0 Å². The number of aryl methyl sites for hydroxylation is 2. The summed E-state index contributed by atoms with van der Waals surface area (Å²) in [7, 11) is 1.61. The van der Waals surface area contributed by atoms with Crippen LogP contribution in [0.25, 0.3) is 5.78 Å². The average molecular weight is 410 g/mol. The lowest BCUT2D eigenvalue weighted by molar-refractivity contribution is -0.133. The topological polar surface area (TPSA) is 85.1 Å². The summed E-state index contributed by atoms with van der Waals surface area (Å²) in [6.45, 7) is 6.80. The molecule has 1 aliphatic heterocycles. The smallest absolute Gasteiger partial charge is 0.260 e. The van der Waals surface area contributed by atoms with Gasteiger partial charge in [0.1, 0.15) is 23.1 Å². The number of hydrogen-bond acceptors (Lipinski definition) is 7. The first kappa shape index (κ1) is 19.9. The minimum atomic E-state index is -0.0184. The van der Waals surface area contributed by atoms with Gasteiger partial charge in [-0.1, -0.05) is 6.92 Å². The molecule has 2 aromatic heterocycles. The molecule has 1 aliphatic rings. The Kier molecular flexibility index (Phi) is 5.69. The van der Waals surface area contributed by atoms with Gasteiger partial charge in [-0.15, -0.1) is 10.2 Å². The fraction of sp³-hybridized carbons (Fsp3) is 0.429. The molecule has 3 heterocycles. The van der Waals surface area contributed by atoms with Crippen molar-refractivity contribution in [2.45, 2.75) is 20.3 Å². The number of ether oxygens (including phenoxy) is 2. The van der Waals surface area contributed by atoms with E-state index in [9.17, 15) is 4.79 Å². The molecule has 0 aliphatic carbocycles. The van der Waals surface area contributed by atoms with Gasteiger partial charge in [-0.25, -0.2) is 0 Å². The summed E-state index contributed by atoms with van der Waals surface area (Å²) in [6, 6.07) is 9.26. The Labute approximate surface area is 175 Å². The summed E-state index contributed by atoms with van der Waals surface area (Å²) < 4.78 is 12.7. The highest BCUT2D eigenvalue weighted by molar-refractivity contribution is 5.78. The van der Waals surface area contributed by atoms with Crippen LogP contribution in [0.3, 0.4) is 0 Å². The van der Waals surface area contributed by atoms with E-state index in [1.54, 1.807) is 19.2 Å². The molecule has 0 N–H and O–H groups in total. The van der Waals surface area contributed by atoms with Crippen molar-refractivity contribution >= 4 is 17.5 Å². The van der Waals surface area contributed by atoms with Crippen LogP contribution in [-0.2, 0) is 11.2 Å². The minimum absolute atomic E-state index is 0.0184. The van der Waals surface area contributed by atoms with Crippen LogP contribution in [0.4, 0.5) is 5.82 Å². The molecule has 3 aromatic rings. The maximum atomic E-state index is 12.5. The fourth-order valence-corrected chi connectivity index (χ4v) is 3.61. The van der Waals surface area contributed by atoms with Gasteiger partial charge in [0.15, 0.2) is 6.61 Å². The summed E-state index contributed by atoms with van der Waals surface area (Å²) in [5, 5.41) is 8.41. The normalized spacial score (nSPS) is 14.2. The Balaban J connectivity index is 1.34. The maximum Gasteiger partial charge on any atom is 0.260 e. The molecule has 4 rings (SSSR count). The van der Waals surface area contributed by atoms with Gasteiger partial charge >= 0.3 is 0 Å². The number of carbonyl (C=O) groups excluding carboxylic acids is 1. The van der Waals surface area contributed by atoms with Crippen LogP contribution in [0.5, 0.6) is 11.5 Å². The maximum absolute atomic E-state index is 12.5. The Hall–Kier alpha value is -3.36. The van der Waals surface area contributed by atoms with Gasteiger partial charge in [-0.2, -0.15) is 4.98 Å². The summed E-state index contributed by atoms with van der Waals surface area (Å²) in [5.41, 5.74) is 1.06. The highest BCUT2D eigenvalue weighted by Gasteiger charge is 2.23. The second-order valence-electron chi connectivity index (χ2n) is 7.19. The highest BCUT2D eigenvalue weighted by Crippen LogP contribution is 2.19. The fourth-order valence-electron chi connectivity index (χ4n) is 3.61. The summed E-state index contributed by atoms with van der Waals surface area (Å²) >= 11 is 0. The number of rotatable bonds is 6. The molecule has 0 radical (unpaired) electrons. The molecule has 0 unspecified atom stereocenters. The zero-order valence-corrected chi connectivity index (χ0v) is 17.5. The monoisotopic (exact) mass is 410 g/mol. The van der Waals surface area contributed by atoms with Crippen molar-refractivity contribution in [2.75, 3.05) is 44.8 Å². The third-order valence-corrected chi connectivity index (χ3v) is 5.31. The van der Waals surface area contributed by atoms with E-state index >= 15 is 0 Å². The molecular weight excluding hydrogens is 384 g/mol. The molecule has 1 fully saturated rings. The van der Waals surface area contributed by atoms with Crippen LogP contribution >= 0.6 is 0 Å². The SMILES string of the molecule is CCc1nnc2nc(N3CCN(C(=O)COc4ccc(OC)cc4)CC3)cc(C)n12. The minimum Gasteiger partial charge on any atom is -0.497 e. The van der Waals surface area contributed by atoms with Crippen LogP contribution in [0.15, 0.2) is 30.3 Å². The zero-order chi connectivity index (χ0) is 21.1. The first-order valence-electron chi connectivity index (χ1n) is 10.1. The third-order valence-electron chi connectivity index (χ3n) is 5.31. The molecule has 0 bridgehead atoms. The zero-order valence-electron chi connectivity index (χ0n) is 17.5. The molecule has 0 spiro atoms. The van der Waals surface area contributed by atoms with Crippen molar-refractivity contribution in [1.29, 1.82) is 0 Å². The summed E-state index contributed by atoms with van der Waals surface area (Å²) in [4.78, 5) is 21.2. The van der Waals surface area contributed by atoms with Crippen LogP contribution in [-0.4, -0.2) is 70.3 Å². The van der Waals surface area contributed by atoms with Gasteiger partial charge in [0.2, 0.25) is 0 Å². The van der Waals surface area contributed by atoms with Crippen molar-refractivity contribution in [3.63, 3.8) is 0 Å². The van der Waals surface area contributed by atoms with Crippen molar-refractivity contribution in [3.8, 4) is 11.5 Å². The Morgan fingerprint density at radius 1 is 1.07 bits per heavy atom. The third kappa shape index (κ3) is 4.00. The molecule has 1 saturated heterocycles. The molecule has 9 nitrogen and oxygen atoms in total. The van der Waals surface area contributed by atoms with Gasteiger partial charge in [0.05, 0.1) is 7.11 Å². The van der Waals surface area contributed by atoms with E-state index in [4.69, 9.17) is 9.47 Å². The lowest BCUT2D eigenvalue weighted by Crippen LogP contribution is -2.50. The van der Waals surface area contributed by atoms with Gasteiger partial charge < -0.3 is 19.3 Å². The van der Waals surface area contributed by atoms with Crippen molar-refractivity contribution in [3.05, 3.63) is 41.9 Å². The van der Waals surface area contributed by atoms with Crippen molar-refractivity contribution < 1.29 is 14.3 Å². The van der Waals surface area contributed by atoms with E-state index in [-0.39, 0.29) is 12.5 Å². The predicted octanol–water partition coefficient (Wildman–Crippen LogP) is 1.73. The Bertz CT molecular complexity index is 1030. The standard InChI is InChI=1S/C21H26N6O3/c1-4-18-23-24-21-22-19(13-15(2)27(18)21)25-9-11-26(12-10-25)20(28)14-30-17-7-5-16(29-3)6-8-17/h5-8,13H,4,9-12,14H2,1-3H3. The van der Waals surface area contributed by atoms with E-state index < -0.39 is 0 Å². The first-order valence-corrected chi connectivity index (χ1v) is 10.1. The highest BCUT2D eigenvalue weighted by atomic mass is 16.5. The number of aromatic nitrogens is 4. The number of fused-ring (bicyclic) bond motifs is 1. The lowest BCUT2D eigenvalue weighted by atomic mass is 10.3. The number of amides is 1. The Morgan fingerprint density at radius 2 is 1.77 bits per heavy atom. The van der Waals surface area contributed by atoms with Crippen LogP contribution < -0.4 is 14.4 Å². The molecular formula is C21H26N6O3. The number of methoxy groups -OCH3 is 1. The molecule has 158 valence electrons. The van der Waals surface area contributed by atoms with Crippen LogP contribution in [0, 0.1) is 6.92 Å². The van der Waals surface area contributed by atoms with Gasteiger partial charge in [-0.3, -0.25) is 9.20 Å². The molecule has 1 aromatic carbocycles. The van der Waals surface area contributed by atoms with Crippen molar-refractivity contribution in [1.82, 2.24) is 24.5 Å². The molecule has 0 atom stereocenters. The number of hydrogen-bond donors (Lipinski definition) is 0. The quantitative estimate of drug-likeness (QED) is 0.612. The largest absolute Gasteiger partial charge is 0.497 e. The van der Waals surface area contributed by atoms with Crippen LogP contribution in [0.2, 0.25) is 0 Å². The van der Waals surface area contributed by atoms with Crippen molar-refractivity contribution in [2.24, 2.45) is 0 Å². The lowest BCUT2D eigenvalue weighted by Gasteiger charge is -2.35. The van der Waals surface area contributed by atoms with E-state index in [2.05, 4.69) is 33.1 Å². The van der Waals surface area contributed by atoms with Gasteiger partial charge in [0, 0.05) is 44.4 Å². The second kappa shape index (κ2) is 8.56. The molecule has 0 saturated carbocycles. The number of carbonyl (C=O) groups is 1. The number of anilines is 1. The first-order chi connectivity index (χ1) is 14.6. The Morgan fingerprint density at radius 3 is 2.43 bits per heavy atom. The predicted molar refractivity (Wildman–Crippen MR) is 112 cm³/mol. The molecule has 30 heavy (non-hydrogen) atoms. The summed E-state index contributed by atoms with van der Waals surface area (Å²) in [6.07, 6.45) is 0.808. The van der Waals surface area contributed by atoms with E-state index in [0.717, 1.165) is 29.5 Å². The number of piperazine rings is 1. The summed E-state index contributed by atoms with van der Waals surface area (Å²) in [5.74, 6) is 3.79. The number of benzene rings is 1. The average Bonchev–Trinajstić information content (AvgIpc) is 3.21. The van der Waals surface area contributed by atoms with E-state index in [1.807, 2.05) is 28.4 Å². The second-order valence-corrected chi connectivity index (χ2v) is 7.19. The van der Waals surface area contributed by atoms with Crippen LogP contribution in [0.1, 0.15) is 18.4 Å².